The van der Waals surface area contributed by atoms with E-state index >= 15 is 0 Å². The lowest BCUT2D eigenvalue weighted by atomic mass is 9.75. The minimum absolute atomic E-state index is 0.0359. The van der Waals surface area contributed by atoms with Crippen molar-refractivity contribution >= 4 is 17.8 Å². The molecule has 0 aliphatic carbocycles. The minimum atomic E-state index is -4.54. The van der Waals surface area contributed by atoms with E-state index in [0.29, 0.717) is 17.5 Å². The normalized spacial score (nSPS) is 24.3. The molecule has 0 spiro atoms. The third-order valence-electron chi connectivity index (χ3n) is 7.57. The van der Waals surface area contributed by atoms with Gasteiger partial charge in [0.25, 0.3) is 0 Å². The molecule has 3 aromatic rings. The number of aliphatic carboxylic acids is 1. The zero-order valence-corrected chi connectivity index (χ0v) is 21.5. The van der Waals surface area contributed by atoms with Crippen LogP contribution in [0.5, 0.6) is 11.5 Å². The number of likely N-dealkylation sites (tertiary alicyclic amines) is 1. The Morgan fingerprint density at radius 2 is 1.65 bits per heavy atom. The highest BCUT2D eigenvalue weighted by molar-refractivity contribution is 6.09. The summed E-state index contributed by atoms with van der Waals surface area (Å²) in [7, 11) is 0. The topological polar surface area (TPSA) is 95.9 Å². The van der Waals surface area contributed by atoms with Gasteiger partial charge in [-0.25, -0.2) is 4.79 Å². The van der Waals surface area contributed by atoms with Gasteiger partial charge in [0.15, 0.2) is 5.54 Å². The standard InChI is InChI=1S/C30H27F3N2O5/c1-2-3-15-35-26(36)23-24(27(35)37)29(28(38)39,19-10-5-4-6-11-19)34-25(23)18-9-7-13-21(16-18)40-22-14-8-12-20(17-22)30(31,32)33/h4-14,16-17,23-25,34H,2-3,15H2,1H3,(H,38,39). The third kappa shape index (κ3) is 4.62. The van der Waals surface area contributed by atoms with Crippen LogP contribution >= 0.6 is 0 Å². The average Bonchev–Trinajstić information content (AvgIpc) is 3.42. The molecule has 2 amide bonds. The van der Waals surface area contributed by atoms with E-state index in [9.17, 15) is 32.7 Å². The summed E-state index contributed by atoms with van der Waals surface area (Å²) in [5.74, 6) is -4.33. The number of imide groups is 1. The van der Waals surface area contributed by atoms with E-state index in [-0.39, 0.29) is 18.0 Å². The van der Waals surface area contributed by atoms with Crippen LogP contribution in [-0.4, -0.2) is 34.3 Å². The van der Waals surface area contributed by atoms with Gasteiger partial charge >= 0.3 is 12.1 Å². The van der Waals surface area contributed by atoms with Crippen molar-refractivity contribution in [2.45, 2.75) is 37.5 Å². The van der Waals surface area contributed by atoms with E-state index in [1.165, 1.54) is 12.1 Å². The molecule has 5 rings (SSSR count). The number of unbranched alkanes of at least 4 members (excludes halogenated alkanes) is 1. The average molecular weight is 553 g/mol. The Balaban J connectivity index is 1.56. The first kappa shape index (κ1) is 27.4. The van der Waals surface area contributed by atoms with Crippen LogP contribution in [-0.2, 0) is 26.1 Å². The lowest BCUT2D eigenvalue weighted by Crippen LogP contribution is -2.53. The van der Waals surface area contributed by atoms with E-state index < -0.39 is 52.9 Å². The molecular formula is C30H27F3N2O5. The number of amides is 2. The van der Waals surface area contributed by atoms with E-state index in [2.05, 4.69) is 5.32 Å². The number of hydrogen-bond donors (Lipinski definition) is 2. The van der Waals surface area contributed by atoms with E-state index in [1.54, 1.807) is 54.6 Å². The maximum atomic E-state index is 13.7. The smallest absolute Gasteiger partial charge is 0.416 e. The number of halogens is 3. The number of benzene rings is 3. The van der Waals surface area contributed by atoms with Crippen LogP contribution in [0.2, 0.25) is 0 Å². The molecule has 2 aliphatic heterocycles. The maximum Gasteiger partial charge on any atom is 0.416 e. The summed E-state index contributed by atoms with van der Waals surface area (Å²) in [5.41, 5.74) is -1.92. The van der Waals surface area contributed by atoms with Crippen LogP contribution in [0.3, 0.4) is 0 Å². The molecule has 2 saturated heterocycles. The zero-order chi connectivity index (χ0) is 28.7. The molecule has 2 N–H and O–H groups in total. The Morgan fingerprint density at radius 1 is 0.975 bits per heavy atom. The molecule has 4 atom stereocenters. The third-order valence-corrected chi connectivity index (χ3v) is 7.57. The molecule has 7 nitrogen and oxygen atoms in total. The Labute approximate surface area is 228 Å². The number of nitrogens with one attached hydrogen (secondary N) is 1. The second-order valence-electron chi connectivity index (χ2n) is 9.99. The van der Waals surface area contributed by atoms with Crippen LogP contribution in [0.25, 0.3) is 0 Å². The van der Waals surface area contributed by atoms with Crippen LogP contribution < -0.4 is 10.1 Å². The molecule has 40 heavy (non-hydrogen) atoms. The zero-order valence-electron chi connectivity index (χ0n) is 21.5. The Kier molecular flexibility index (Phi) is 7.14. The maximum absolute atomic E-state index is 13.7. The van der Waals surface area contributed by atoms with Crippen molar-refractivity contribution in [3.63, 3.8) is 0 Å². The fourth-order valence-electron chi connectivity index (χ4n) is 5.72. The number of nitrogens with zero attached hydrogens (tertiary/aromatic N) is 1. The fraction of sp³-hybridized carbons (Fsp3) is 0.300. The first-order chi connectivity index (χ1) is 19.1. The van der Waals surface area contributed by atoms with Gasteiger partial charge < -0.3 is 9.84 Å². The minimum Gasteiger partial charge on any atom is -0.480 e. The summed E-state index contributed by atoms with van der Waals surface area (Å²) in [5, 5.41) is 13.7. The first-order valence-electron chi connectivity index (χ1n) is 12.9. The number of alkyl halides is 3. The van der Waals surface area contributed by atoms with Gasteiger partial charge in [0.1, 0.15) is 11.5 Å². The van der Waals surface area contributed by atoms with Crippen molar-refractivity contribution in [3.05, 3.63) is 95.6 Å². The molecule has 2 aliphatic rings. The number of carbonyl (C=O) groups is 3. The van der Waals surface area contributed by atoms with E-state index in [1.807, 2.05) is 6.92 Å². The molecule has 2 heterocycles. The van der Waals surface area contributed by atoms with Gasteiger partial charge in [-0.05, 0) is 47.9 Å². The summed E-state index contributed by atoms with van der Waals surface area (Å²) < 4.78 is 45.3. The van der Waals surface area contributed by atoms with Gasteiger partial charge in [-0.3, -0.25) is 19.8 Å². The lowest BCUT2D eigenvalue weighted by Gasteiger charge is -2.31. The highest BCUT2D eigenvalue weighted by Crippen LogP contribution is 2.53. The number of ether oxygens (including phenoxy) is 1. The van der Waals surface area contributed by atoms with Crippen molar-refractivity contribution < 1.29 is 37.4 Å². The monoisotopic (exact) mass is 552 g/mol. The number of carboxylic acid groups (broad SMARTS) is 1. The quantitative estimate of drug-likeness (QED) is 0.357. The Morgan fingerprint density at radius 3 is 2.30 bits per heavy atom. The van der Waals surface area contributed by atoms with Crippen LogP contribution in [0.15, 0.2) is 78.9 Å². The molecule has 0 aromatic heterocycles. The second-order valence-corrected chi connectivity index (χ2v) is 9.99. The molecule has 10 heteroatoms. The molecule has 208 valence electrons. The van der Waals surface area contributed by atoms with Crippen molar-refractivity contribution in [2.75, 3.05) is 6.54 Å². The predicted molar refractivity (Wildman–Crippen MR) is 138 cm³/mol. The Hall–Kier alpha value is -4.18. The summed E-state index contributed by atoms with van der Waals surface area (Å²) in [4.78, 5) is 41.5. The van der Waals surface area contributed by atoms with Crippen molar-refractivity contribution in [1.29, 1.82) is 0 Å². The lowest BCUT2D eigenvalue weighted by molar-refractivity contribution is -0.152. The molecule has 0 bridgehead atoms. The predicted octanol–water partition coefficient (Wildman–Crippen LogP) is 5.52. The van der Waals surface area contributed by atoms with Crippen molar-refractivity contribution in [3.8, 4) is 11.5 Å². The highest BCUT2D eigenvalue weighted by Gasteiger charge is 2.69. The van der Waals surface area contributed by atoms with Crippen molar-refractivity contribution in [2.24, 2.45) is 11.8 Å². The summed E-state index contributed by atoms with van der Waals surface area (Å²) in [6.07, 6.45) is -3.22. The molecular weight excluding hydrogens is 525 g/mol. The van der Waals surface area contributed by atoms with Crippen LogP contribution in [0.1, 0.15) is 42.5 Å². The van der Waals surface area contributed by atoms with Gasteiger partial charge in [-0.1, -0.05) is 61.9 Å². The summed E-state index contributed by atoms with van der Waals surface area (Å²) in [6, 6.07) is 18.2. The molecule has 0 saturated carbocycles. The number of carbonyl (C=O) groups excluding carboxylic acids is 2. The SMILES string of the molecule is CCCCN1C(=O)C2C(c3cccc(Oc4cccc(C(F)(F)F)c4)c3)NC(C(=O)O)(c3ccccc3)C2C1=O. The van der Waals surface area contributed by atoms with E-state index in [0.717, 1.165) is 23.5 Å². The van der Waals surface area contributed by atoms with Crippen LogP contribution in [0, 0.1) is 11.8 Å². The van der Waals surface area contributed by atoms with Gasteiger partial charge in [-0.15, -0.1) is 0 Å². The van der Waals surface area contributed by atoms with Gasteiger partial charge in [0, 0.05) is 12.6 Å². The van der Waals surface area contributed by atoms with Gasteiger partial charge in [0.2, 0.25) is 11.8 Å². The van der Waals surface area contributed by atoms with Gasteiger partial charge in [0.05, 0.1) is 17.4 Å². The summed E-state index contributed by atoms with van der Waals surface area (Å²) >= 11 is 0. The van der Waals surface area contributed by atoms with E-state index in [4.69, 9.17) is 4.74 Å². The fourth-order valence-corrected chi connectivity index (χ4v) is 5.72. The van der Waals surface area contributed by atoms with Crippen molar-refractivity contribution in [1.82, 2.24) is 10.2 Å². The van der Waals surface area contributed by atoms with Gasteiger partial charge in [-0.2, -0.15) is 13.2 Å². The molecule has 0 radical (unpaired) electrons. The second kappa shape index (κ2) is 10.4. The number of fused-ring (bicyclic) bond motifs is 1. The van der Waals surface area contributed by atoms with Crippen LogP contribution in [0.4, 0.5) is 13.2 Å². The Bertz CT molecular complexity index is 1440. The molecule has 2 fully saturated rings. The number of rotatable bonds is 8. The number of hydrogen-bond acceptors (Lipinski definition) is 5. The number of carboxylic acids is 1. The highest BCUT2D eigenvalue weighted by atomic mass is 19.4. The molecule has 4 unspecified atom stereocenters. The summed E-state index contributed by atoms with van der Waals surface area (Å²) in [6.45, 7) is 2.12. The molecule has 3 aromatic carbocycles. The first-order valence-corrected chi connectivity index (χ1v) is 12.9. The largest absolute Gasteiger partial charge is 0.480 e.